The molecule has 0 aromatic rings. The van der Waals surface area contributed by atoms with Crippen LogP contribution in [0, 0.1) is 5.92 Å². The van der Waals surface area contributed by atoms with Gasteiger partial charge in [-0.2, -0.15) is 0 Å². The molecule has 1 aliphatic heterocycles. The Morgan fingerprint density at radius 1 is 1.14 bits per heavy atom. The van der Waals surface area contributed by atoms with E-state index in [0.29, 0.717) is 0 Å². The van der Waals surface area contributed by atoms with E-state index in [1.54, 1.807) is 0 Å². The Bertz CT molecular complexity index is 168. The number of hydrogen-bond acceptors (Lipinski definition) is 1. The highest BCUT2D eigenvalue weighted by molar-refractivity contribution is 6.17. The first-order valence-corrected chi connectivity index (χ1v) is 6.73. The summed E-state index contributed by atoms with van der Waals surface area (Å²) in [6.45, 7) is 2.73. The number of hydrogen-bond donors (Lipinski definition) is 0. The Kier molecular flexibility index (Phi) is 4.12. The summed E-state index contributed by atoms with van der Waals surface area (Å²) in [7, 11) is 0. The molecule has 0 aromatic heterocycles. The van der Waals surface area contributed by atoms with Crippen molar-refractivity contribution in [2.75, 3.05) is 19.0 Å². The van der Waals surface area contributed by atoms with E-state index >= 15 is 0 Å². The predicted molar refractivity (Wildman–Crippen MR) is 61.9 cm³/mol. The summed E-state index contributed by atoms with van der Waals surface area (Å²) in [6.07, 6.45) is 9.81. The molecule has 0 N–H and O–H groups in total. The summed E-state index contributed by atoms with van der Waals surface area (Å²) in [5, 5.41) is 0. The Morgan fingerprint density at radius 3 is 2.64 bits per heavy atom. The largest absolute Gasteiger partial charge is 0.300 e. The maximum absolute atomic E-state index is 5.75. The first-order chi connectivity index (χ1) is 6.90. The molecule has 1 aliphatic carbocycles. The van der Waals surface area contributed by atoms with Crippen molar-refractivity contribution in [2.24, 2.45) is 5.92 Å². The summed E-state index contributed by atoms with van der Waals surface area (Å²) in [4.78, 5) is 2.73. The van der Waals surface area contributed by atoms with Gasteiger partial charge in [0.05, 0.1) is 0 Å². The average molecular weight is 216 g/mol. The van der Waals surface area contributed by atoms with E-state index in [0.717, 1.165) is 17.8 Å². The van der Waals surface area contributed by atoms with E-state index < -0.39 is 0 Å². The van der Waals surface area contributed by atoms with Gasteiger partial charge >= 0.3 is 0 Å². The van der Waals surface area contributed by atoms with Crippen molar-refractivity contribution in [2.45, 2.75) is 51.0 Å². The minimum atomic E-state index is 0.841. The maximum Gasteiger partial charge on any atom is 0.0224 e. The van der Waals surface area contributed by atoms with E-state index in [9.17, 15) is 0 Å². The number of rotatable bonds is 5. The van der Waals surface area contributed by atoms with Crippen molar-refractivity contribution >= 4 is 11.6 Å². The van der Waals surface area contributed by atoms with Gasteiger partial charge in [-0.25, -0.2) is 0 Å². The minimum Gasteiger partial charge on any atom is -0.300 e. The number of nitrogens with zero attached hydrogens (tertiary/aromatic N) is 1. The van der Waals surface area contributed by atoms with Crippen LogP contribution in [0.3, 0.4) is 0 Å². The van der Waals surface area contributed by atoms with E-state index in [-0.39, 0.29) is 0 Å². The first-order valence-electron chi connectivity index (χ1n) is 6.20. The number of likely N-dealkylation sites (tertiary alicyclic amines) is 1. The van der Waals surface area contributed by atoms with Gasteiger partial charge in [0.2, 0.25) is 0 Å². The lowest BCUT2D eigenvalue weighted by Gasteiger charge is -2.33. The monoisotopic (exact) mass is 215 g/mol. The van der Waals surface area contributed by atoms with Crippen molar-refractivity contribution in [3.63, 3.8) is 0 Å². The Hall–Kier alpha value is 0.250. The van der Waals surface area contributed by atoms with Crippen molar-refractivity contribution < 1.29 is 0 Å². The van der Waals surface area contributed by atoms with E-state index in [4.69, 9.17) is 11.6 Å². The van der Waals surface area contributed by atoms with Gasteiger partial charge in [-0.3, -0.25) is 0 Å². The van der Waals surface area contributed by atoms with E-state index in [2.05, 4.69) is 4.90 Å². The van der Waals surface area contributed by atoms with Crippen molar-refractivity contribution in [3.8, 4) is 0 Å². The van der Waals surface area contributed by atoms with Crippen LogP contribution in [0.2, 0.25) is 0 Å². The highest BCUT2D eigenvalue weighted by Crippen LogP contribution is 2.30. The zero-order valence-electron chi connectivity index (χ0n) is 9.05. The molecule has 0 amide bonds. The lowest BCUT2D eigenvalue weighted by molar-refractivity contribution is 0.161. The zero-order valence-corrected chi connectivity index (χ0v) is 9.81. The molecule has 1 heterocycles. The molecule has 1 saturated heterocycles. The normalized spacial score (nSPS) is 29.4. The Balaban J connectivity index is 1.71. The zero-order chi connectivity index (χ0) is 9.80. The topological polar surface area (TPSA) is 3.24 Å². The molecular formula is C12H22ClN. The van der Waals surface area contributed by atoms with Gasteiger partial charge in [-0.15, -0.1) is 11.6 Å². The summed E-state index contributed by atoms with van der Waals surface area (Å²) in [5.74, 6) is 1.87. The molecule has 2 fully saturated rings. The van der Waals surface area contributed by atoms with Crippen LogP contribution in [-0.2, 0) is 0 Å². The summed E-state index contributed by atoms with van der Waals surface area (Å²) in [6, 6.07) is 0.870. The maximum atomic E-state index is 5.75. The van der Waals surface area contributed by atoms with Crippen molar-refractivity contribution in [3.05, 3.63) is 0 Å². The van der Waals surface area contributed by atoms with Crippen LogP contribution in [0.15, 0.2) is 0 Å². The molecule has 1 unspecified atom stereocenters. The molecule has 2 aliphatic rings. The third-order valence-electron chi connectivity index (χ3n) is 3.89. The molecule has 1 atom stereocenters. The molecule has 1 nitrogen and oxygen atoms in total. The van der Waals surface area contributed by atoms with Crippen LogP contribution >= 0.6 is 11.6 Å². The third-order valence-corrected chi connectivity index (χ3v) is 4.15. The van der Waals surface area contributed by atoms with Crippen LogP contribution in [0.25, 0.3) is 0 Å². The molecule has 2 heteroatoms. The number of halogens is 1. The fraction of sp³-hybridized carbons (Fsp3) is 1.00. The highest BCUT2D eigenvalue weighted by Gasteiger charge is 2.28. The molecule has 2 rings (SSSR count). The van der Waals surface area contributed by atoms with Crippen LogP contribution in [-0.4, -0.2) is 29.9 Å². The van der Waals surface area contributed by atoms with Gasteiger partial charge in [-0.1, -0.05) is 6.42 Å². The van der Waals surface area contributed by atoms with Crippen LogP contribution in [0.4, 0.5) is 0 Å². The van der Waals surface area contributed by atoms with Gasteiger partial charge in [0.15, 0.2) is 0 Å². The lowest BCUT2D eigenvalue weighted by Crippen LogP contribution is -2.36. The molecule has 82 valence electrons. The lowest BCUT2D eigenvalue weighted by atomic mass is 9.85. The Labute approximate surface area is 92.8 Å². The van der Waals surface area contributed by atoms with Crippen molar-refractivity contribution in [1.29, 1.82) is 0 Å². The smallest absolute Gasteiger partial charge is 0.0224 e. The molecule has 14 heavy (non-hydrogen) atoms. The van der Waals surface area contributed by atoms with Crippen LogP contribution < -0.4 is 0 Å². The average Bonchev–Trinajstić information content (AvgIpc) is 2.55. The molecule has 1 saturated carbocycles. The molecule has 0 radical (unpaired) electrons. The summed E-state index contributed by atoms with van der Waals surface area (Å²) < 4.78 is 0. The highest BCUT2D eigenvalue weighted by atomic mass is 35.5. The molecule has 0 bridgehead atoms. The van der Waals surface area contributed by atoms with Crippen LogP contribution in [0.5, 0.6) is 0 Å². The van der Waals surface area contributed by atoms with Crippen molar-refractivity contribution in [1.82, 2.24) is 4.90 Å². The molecule has 0 aromatic carbocycles. The number of alkyl halides is 1. The molecular weight excluding hydrogens is 194 g/mol. The Morgan fingerprint density at radius 2 is 2.00 bits per heavy atom. The van der Waals surface area contributed by atoms with Gasteiger partial charge in [0, 0.05) is 18.5 Å². The van der Waals surface area contributed by atoms with Crippen LogP contribution in [0.1, 0.15) is 44.9 Å². The van der Waals surface area contributed by atoms with Gasteiger partial charge < -0.3 is 4.90 Å². The summed E-state index contributed by atoms with van der Waals surface area (Å²) >= 11 is 5.75. The second-order valence-corrected chi connectivity index (χ2v) is 5.30. The van der Waals surface area contributed by atoms with Gasteiger partial charge in [0.1, 0.15) is 0 Å². The second kappa shape index (κ2) is 5.37. The first kappa shape index (κ1) is 10.8. The minimum absolute atomic E-state index is 0.841. The second-order valence-electron chi connectivity index (χ2n) is 4.92. The van der Waals surface area contributed by atoms with E-state index in [1.807, 2.05) is 0 Å². The van der Waals surface area contributed by atoms with E-state index in [1.165, 1.54) is 58.0 Å². The fourth-order valence-electron chi connectivity index (χ4n) is 2.78. The predicted octanol–water partition coefficient (Wildman–Crippen LogP) is 3.27. The SMILES string of the molecule is ClCCCC1CCCN1CC1CCC1. The molecule has 0 spiro atoms. The fourth-order valence-corrected chi connectivity index (χ4v) is 2.94. The third kappa shape index (κ3) is 2.64. The summed E-state index contributed by atoms with van der Waals surface area (Å²) in [5.41, 5.74) is 0. The standard InChI is InChI=1S/C12H22ClN/c13-8-2-6-12-7-3-9-14(12)10-11-4-1-5-11/h11-12H,1-10H2. The van der Waals surface area contributed by atoms with Gasteiger partial charge in [0.25, 0.3) is 0 Å². The van der Waals surface area contributed by atoms with Gasteiger partial charge in [-0.05, 0) is 51.0 Å². The quantitative estimate of drug-likeness (QED) is 0.637.